The Labute approximate surface area is 506 Å². The zero-order valence-corrected chi connectivity index (χ0v) is 52.9. The number of aliphatic hydroxyl groups is 1. The largest absolute Gasteiger partial charge is 0.455 e. The van der Waals surface area contributed by atoms with Crippen LogP contribution in [0.3, 0.4) is 0 Å². The summed E-state index contributed by atoms with van der Waals surface area (Å²) < 4.78 is 15.1. The van der Waals surface area contributed by atoms with Crippen molar-refractivity contribution in [3.63, 3.8) is 0 Å². The smallest absolute Gasteiger partial charge is 0.143 e. The standard InChI is InChI=1S/C39H37BrO2.C39H35BrO/c1-37(2,3)25-14-18-27(19-15-25)39(41,28-20-16-26(17-21-28)38(4,5)6)34-24-29(40)22-23-30(34)32-11-9-12-33-31-10-7-8-13-35(31)42-36(32)33;1-37(2,3)24-11-15-26(16-12-24)39(27-17-13-25(14-18-27)38(4,5)6)32-22-21-30-29-9-7-8-10-34(29)41-36(30)35(32)31-20-19-28(40)23-33(31)39/h7-24,41H,1-6H3;7-23H,1-6H3. The fourth-order valence-electron chi connectivity index (χ4n) is 12.7. The van der Waals surface area contributed by atoms with Gasteiger partial charge in [0, 0.05) is 47.2 Å². The van der Waals surface area contributed by atoms with Gasteiger partial charge in [-0.15, -0.1) is 0 Å². The Kier molecular flexibility index (Phi) is 13.9. The van der Waals surface area contributed by atoms with Crippen LogP contribution in [-0.4, -0.2) is 5.11 Å². The molecule has 416 valence electrons. The number of furan rings is 2. The van der Waals surface area contributed by atoms with Crippen molar-refractivity contribution in [2.45, 2.75) is 116 Å². The van der Waals surface area contributed by atoms with Crippen molar-refractivity contribution in [2.24, 2.45) is 0 Å². The lowest BCUT2D eigenvalue weighted by Crippen LogP contribution is -2.30. The van der Waals surface area contributed by atoms with E-state index in [1.807, 2.05) is 36.4 Å². The van der Waals surface area contributed by atoms with Crippen molar-refractivity contribution in [2.75, 3.05) is 0 Å². The zero-order chi connectivity index (χ0) is 58.6. The molecule has 3 nitrogen and oxygen atoms in total. The fraction of sp³-hybridized carbons (Fsp3) is 0.231. The van der Waals surface area contributed by atoms with E-state index in [9.17, 15) is 5.11 Å². The van der Waals surface area contributed by atoms with Crippen LogP contribution in [0.25, 0.3) is 66.1 Å². The molecule has 0 saturated carbocycles. The van der Waals surface area contributed by atoms with E-state index in [0.29, 0.717) is 0 Å². The minimum absolute atomic E-state index is 0.00285. The molecule has 0 bridgehead atoms. The van der Waals surface area contributed by atoms with Crippen LogP contribution in [0.4, 0.5) is 0 Å². The quantitative estimate of drug-likeness (QED) is 0.169. The van der Waals surface area contributed by atoms with E-state index in [1.165, 1.54) is 55.6 Å². The first-order valence-corrected chi connectivity index (χ1v) is 30.6. The van der Waals surface area contributed by atoms with E-state index >= 15 is 0 Å². The number of fused-ring (bicyclic) bond motifs is 10. The van der Waals surface area contributed by atoms with E-state index in [4.69, 9.17) is 8.83 Å². The molecule has 83 heavy (non-hydrogen) atoms. The van der Waals surface area contributed by atoms with Gasteiger partial charge in [-0.05, 0) is 125 Å². The predicted octanol–water partition coefficient (Wildman–Crippen LogP) is 22.2. The van der Waals surface area contributed by atoms with Gasteiger partial charge in [0.15, 0.2) is 0 Å². The third kappa shape index (κ3) is 9.71. The molecular weight excluding hydrogens is 1140 g/mol. The SMILES string of the molecule is CC(C)(C)c1ccc(C(O)(c2ccc(C(C)(C)C)cc2)c2cc(Br)ccc2-c2cccc3c2oc2ccccc23)cc1.CC(C)(C)c1ccc(C2(c3ccc(C(C)(C)C)cc3)c3cc(Br)ccc3-c3c2ccc2c3oc3ccccc32)cc1. The highest BCUT2D eigenvalue weighted by molar-refractivity contribution is 9.10. The third-order valence-electron chi connectivity index (χ3n) is 17.4. The number of benzene rings is 10. The fourth-order valence-corrected chi connectivity index (χ4v) is 13.4. The van der Waals surface area contributed by atoms with E-state index in [2.05, 4.69) is 291 Å². The van der Waals surface area contributed by atoms with Crippen molar-refractivity contribution >= 4 is 75.7 Å². The molecule has 1 N–H and O–H groups in total. The molecule has 0 spiro atoms. The van der Waals surface area contributed by atoms with Gasteiger partial charge in [0.2, 0.25) is 0 Å². The molecular formula is C78H72Br2O3. The molecule has 0 unspecified atom stereocenters. The maximum absolute atomic E-state index is 13.1. The molecule has 13 rings (SSSR count). The Balaban J connectivity index is 0.000000164. The Hall–Kier alpha value is -7.28. The highest BCUT2D eigenvalue weighted by atomic mass is 79.9. The molecule has 10 aromatic carbocycles. The van der Waals surface area contributed by atoms with Crippen molar-refractivity contribution in [1.29, 1.82) is 0 Å². The molecule has 2 aromatic heterocycles. The lowest BCUT2D eigenvalue weighted by atomic mass is 9.67. The maximum atomic E-state index is 13.1. The van der Waals surface area contributed by atoms with Crippen molar-refractivity contribution < 1.29 is 13.9 Å². The van der Waals surface area contributed by atoms with Gasteiger partial charge in [-0.25, -0.2) is 0 Å². The van der Waals surface area contributed by atoms with Gasteiger partial charge in [0.25, 0.3) is 0 Å². The number of rotatable bonds is 6. The zero-order valence-electron chi connectivity index (χ0n) is 49.7. The van der Waals surface area contributed by atoms with Crippen molar-refractivity contribution in [3.05, 3.63) is 282 Å². The Morgan fingerprint density at radius 1 is 0.337 bits per heavy atom. The first-order valence-electron chi connectivity index (χ1n) is 29.0. The van der Waals surface area contributed by atoms with Crippen LogP contribution in [-0.2, 0) is 32.7 Å². The summed E-state index contributed by atoms with van der Waals surface area (Å²) >= 11 is 7.56. The highest BCUT2D eigenvalue weighted by Crippen LogP contribution is 2.59. The molecule has 5 heteroatoms. The second kappa shape index (κ2) is 20.5. The lowest BCUT2D eigenvalue weighted by molar-refractivity contribution is 0.126. The minimum Gasteiger partial charge on any atom is -0.455 e. The summed E-state index contributed by atoms with van der Waals surface area (Å²) in [6.45, 7) is 26.9. The van der Waals surface area contributed by atoms with Crippen LogP contribution in [0.1, 0.15) is 144 Å². The molecule has 0 aliphatic heterocycles. The molecule has 0 radical (unpaired) electrons. The van der Waals surface area contributed by atoms with Gasteiger partial charge in [0.05, 0.1) is 5.41 Å². The van der Waals surface area contributed by atoms with Gasteiger partial charge in [-0.3, -0.25) is 0 Å². The van der Waals surface area contributed by atoms with E-state index in [0.717, 1.165) is 80.6 Å². The second-order valence-electron chi connectivity index (χ2n) is 26.9. The summed E-state index contributed by atoms with van der Waals surface area (Å²) in [5, 5.41) is 17.6. The van der Waals surface area contributed by atoms with Gasteiger partial charge in [-0.2, -0.15) is 0 Å². The van der Waals surface area contributed by atoms with Crippen LogP contribution < -0.4 is 0 Å². The van der Waals surface area contributed by atoms with Gasteiger partial charge < -0.3 is 13.9 Å². The second-order valence-corrected chi connectivity index (χ2v) is 28.7. The molecule has 1 aliphatic rings. The number of para-hydroxylation sites is 3. The number of hydrogen-bond acceptors (Lipinski definition) is 3. The molecule has 0 saturated heterocycles. The Morgan fingerprint density at radius 2 is 0.735 bits per heavy atom. The summed E-state index contributed by atoms with van der Waals surface area (Å²) in [5.41, 5.74) is 18.7. The van der Waals surface area contributed by atoms with Crippen molar-refractivity contribution in [1.82, 2.24) is 0 Å². The molecule has 0 atom stereocenters. The normalized spacial score (nSPS) is 13.6. The van der Waals surface area contributed by atoms with Gasteiger partial charge >= 0.3 is 0 Å². The number of halogens is 2. The minimum atomic E-state index is -1.43. The van der Waals surface area contributed by atoms with Crippen LogP contribution in [0.5, 0.6) is 0 Å². The Morgan fingerprint density at radius 3 is 1.22 bits per heavy atom. The Bertz CT molecular complexity index is 4300. The summed E-state index contributed by atoms with van der Waals surface area (Å²) in [5.74, 6) is 0. The number of hydrogen-bond donors (Lipinski definition) is 1. The summed E-state index contributed by atoms with van der Waals surface area (Å²) in [7, 11) is 0. The van der Waals surface area contributed by atoms with Gasteiger partial charge in [0.1, 0.15) is 27.9 Å². The van der Waals surface area contributed by atoms with Gasteiger partial charge in [-0.1, -0.05) is 291 Å². The van der Waals surface area contributed by atoms with E-state index in [-0.39, 0.29) is 21.7 Å². The average molecular weight is 1220 g/mol. The summed E-state index contributed by atoms with van der Waals surface area (Å²) in [4.78, 5) is 0. The topological polar surface area (TPSA) is 46.5 Å². The third-order valence-corrected chi connectivity index (χ3v) is 18.4. The van der Waals surface area contributed by atoms with Crippen LogP contribution in [0.2, 0.25) is 0 Å². The van der Waals surface area contributed by atoms with Crippen LogP contribution in [0.15, 0.2) is 230 Å². The molecule has 0 fully saturated rings. The van der Waals surface area contributed by atoms with Crippen LogP contribution in [0, 0.1) is 0 Å². The molecule has 0 amide bonds. The molecule has 2 heterocycles. The molecule has 12 aromatic rings. The van der Waals surface area contributed by atoms with Crippen LogP contribution >= 0.6 is 31.9 Å². The first-order chi connectivity index (χ1) is 39.4. The average Bonchev–Trinajstić information content (AvgIpc) is 1.67. The van der Waals surface area contributed by atoms with Crippen molar-refractivity contribution in [3.8, 4) is 22.3 Å². The summed E-state index contributed by atoms with van der Waals surface area (Å²) in [6.07, 6.45) is 0. The molecule has 1 aliphatic carbocycles. The van der Waals surface area contributed by atoms with E-state index < -0.39 is 11.0 Å². The summed E-state index contributed by atoms with van der Waals surface area (Å²) in [6, 6.07) is 75.8. The maximum Gasteiger partial charge on any atom is 0.143 e. The predicted molar refractivity (Wildman–Crippen MR) is 355 cm³/mol. The lowest BCUT2D eigenvalue weighted by Gasteiger charge is -2.35. The first kappa shape index (κ1) is 56.2. The van der Waals surface area contributed by atoms with E-state index in [1.54, 1.807) is 0 Å². The highest BCUT2D eigenvalue weighted by Gasteiger charge is 2.48. The monoisotopic (exact) mass is 1210 g/mol.